The minimum atomic E-state index is -1.53. The second-order valence-electron chi connectivity index (χ2n) is 22.5. The van der Waals surface area contributed by atoms with Crippen LogP contribution in [0.15, 0.2) is 232 Å². The van der Waals surface area contributed by atoms with Gasteiger partial charge in [-0.15, -0.1) is 0 Å². The number of aromatic nitrogens is 4. The largest absolute Gasteiger partial charge is 0.489 e. The van der Waals surface area contributed by atoms with Crippen LogP contribution in [0.5, 0.6) is 11.5 Å². The quantitative estimate of drug-likeness (QED) is 0.0255. The molecule has 102 heavy (non-hydrogen) atoms. The molecule has 12 rings (SSSR count). The molecule has 6 aromatic carbocycles. The van der Waals surface area contributed by atoms with Gasteiger partial charge < -0.3 is 69.3 Å². The minimum Gasteiger partial charge on any atom is -0.489 e. The number of ether oxygens (including phenoxy) is 6. The Kier molecular flexibility index (Phi) is 31.6. The van der Waals surface area contributed by atoms with E-state index in [1.54, 1.807) is 49.6 Å². The number of nitrogens with zero attached hydrogens (tertiary/aromatic N) is 4. The van der Waals surface area contributed by atoms with Gasteiger partial charge in [0.15, 0.2) is 24.1 Å². The first-order valence-electron chi connectivity index (χ1n) is 31.5. The first-order chi connectivity index (χ1) is 48.0. The van der Waals surface area contributed by atoms with Crippen LogP contribution in [0.4, 0.5) is 0 Å². The number of rotatable bonds is 16. The molecule has 10 unspecified atom stereocenters. The zero-order chi connectivity index (χ0) is 68.0. The molecular formula is C82H76N4O14Pd2. The van der Waals surface area contributed by atoms with E-state index >= 15 is 0 Å². The van der Waals surface area contributed by atoms with Crippen molar-refractivity contribution in [1.82, 2.24) is 19.9 Å². The van der Waals surface area contributed by atoms with E-state index in [-0.39, 0.29) is 82.1 Å². The van der Waals surface area contributed by atoms with Gasteiger partial charge in [-0.05, 0) is 166 Å². The van der Waals surface area contributed by atoms with Crippen LogP contribution in [0.3, 0.4) is 0 Å². The van der Waals surface area contributed by atoms with Crippen molar-refractivity contribution in [2.24, 2.45) is 0 Å². The molecule has 18 nitrogen and oxygen atoms in total. The predicted octanol–water partition coefficient (Wildman–Crippen LogP) is 8.88. The average Bonchev–Trinajstić information content (AvgIpc) is 0.831. The SMILES string of the molecule is C.C.OCC1OC(OCCOc2c(C#Cc3ccc(-c4ccncc4)cc3)cccc2C#Cc2ccc(-c3ccncc3)cc2)C(O)C(O)C1O.OCC1OC(OCCOc2c(C#Cc3ccc(-c4ccncc4)cc3)cccc2C#Cc2ccc(-c3ccncc3)cc2)C(O)C(O)C1O.[Pd].[Pd]. The van der Waals surface area contributed by atoms with Gasteiger partial charge in [0.1, 0.15) is 62.0 Å². The molecule has 2 fully saturated rings. The summed E-state index contributed by atoms with van der Waals surface area (Å²) in [6, 6.07) is 58.5. The van der Waals surface area contributed by atoms with E-state index < -0.39 is 74.6 Å². The van der Waals surface area contributed by atoms with E-state index in [1.165, 1.54) is 0 Å². The molecule has 0 amide bonds. The fourth-order valence-electron chi connectivity index (χ4n) is 10.5. The van der Waals surface area contributed by atoms with E-state index in [2.05, 4.69) is 67.3 Å². The topological polar surface area (TPSA) is 269 Å². The Bertz CT molecular complexity index is 3960. The Morgan fingerprint density at radius 3 is 0.765 bits per heavy atom. The first kappa shape index (κ1) is 79.9. The van der Waals surface area contributed by atoms with E-state index in [9.17, 15) is 40.9 Å². The molecule has 2 aliphatic rings. The van der Waals surface area contributed by atoms with Crippen molar-refractivity contribution < 1.29 is 110 Å². The smallest absolute Gasteiger partial charge is 0.186 e. The maximum Gasteiger partial charge on any atom is 0.186 e. The van der Waals surface area contributed by atoms with Gasteiger partial charge in [-0.1, -0.05) is 123 Å². The Labute approximate surface area is 621 Å². The molecule has 4 aromatic heterocycles. The fourth-order valence-corrected chi connectivity index (χ4v) is 10.5. The van der Waals surface area contributed by atoms with Crippen LogP contribution >= 0.6 is 0 Å². The van der Waals surface area contributed by atoms with Gasteiger partial charge in [0.05, 0.1) is 48.7 Å². The Hall–Kier alpha value is -9.40. The van der Waals surface area contributed by atoms with Crippen LogP contribution in [-0.2, 0) is 59.8 Å². The molecule has 20 heteroatoms. The molecular weight excluding hydrogens is 1480 g/mol. The van der Waals surface area contributed by atoms with E-state index in [1.807, 2.05) is 182 Å². The normalized spacial score (nSPS) is 19.2. The van der Waals surface area contributed by atoms with Crippen molar-refractivity contribution in [2.75, 3.05) is 39.6 Å². The summed E-state index contributed by atoms with van der Waals surface area (Å²) in [6.07, 6.45) is 0.360. The van der Waals surface area contributed by atoms with Gasteiger partial charge in [-0.3, -0.25) is 19.9 Å². The van der Waals surface area contributed by atoms with E-state index in [0.29, 0.717) is 33.8 Å². The first-order valence-corrected chi connectivity index (χ1v) is 31.5. The molecule has 2 aliphatic heterocycles. The predicted molar refractivity (Wildman–Crippen MR) is 379 cm³/mol. The number of aliphatic hydroxyl groups excluding tert-OH is 8. The zero-order valence-corrected chi connectivity index (χ0v) is 56.5. The Balaban J connectivity index is 0.000000275. The molecule has 6 heterocycles. The average molecular weight is 1550 g/mol. The number of aliphatic hydroxyl groups is 8. The number of para-hydroxylation sites is 2. The minimum absolute atomic E-state index is 0. The van der Waals surface area contributed by atoms with Crippen LogP contribution in [-0.4, -0.2) is 162 Å². The van der Waals surface area contributed by atoms with Gasteiger partial charge >= 0.3 is 0 Å². The summed E-state index contributed by atoms with van der Waals surface area (Å²) < 4.78 is 34.5. The van der Waals surface area contributed by atoms with Crippen molar-refractivity contribution in [3.8, 4) is 103 Å². The van der Waals surface area contributed by atoms with Gasteiger partial charge in [-0.2, -0.15) is 0 Å². The van der Waals surface area contributed by atoms with Gasteiger partial charge in [-0.25, -0.2) is 0 Å². The maximum absolute atomic E-state index is 10.3. The number of pyridine rings is 4. The fraction of sp³-hybridized carbons (Fsp3) is 0.220. The summed E-state index contributed by atoms with van der Waals surface area (Å²) >= 11 is 0. The molecule has 0 saturated carbocycles. The molecule has 0 radical (unpaired) electrons. The molecule has 10 aromatic rings. The summed E-state index contributed by atoms with van der Waals surface area (Å²) in [6.45, 7) is -1.11. The zero-order valence-electron chi connectivity index (χ0n) is 53.4. The van der Waals surface area contributed by atoms with Crippen molar-refractivity contribution in [2.45, 2.75) is 76.3 Å². The molecule has 0 bridgehead atoms. The summed E-state index contributed by atoms with van der Waals surface area (Å²) in [5.41, 5.74) is 14.2. The maximum atomic E-state index is 10.3. The summed E-state index contributed by atoms with van der Waals surface area (Å²) in [5, 5.41) is 79.9. The molecule has 8 N–H and O–H groups in total. The summed E-state index contributed by atoms with van der Waals surface area (Å²) in [7, 11) is 0. The number of hydrogen-bond donors (Lipinski definition) is 8. The third-order valence-electron chi connectivity index (χ3n) is 15.9. The second-order valence-corrected chi connectivity index (χ2v) is 22.5. The number of hydrogen-bond acceptors (Lipinski definition) is 18. The third kappa shape index (κ3) is 21.3. The van der Waals surface area contributed by atoms with Crippen LogP contribution in [0.1, 0.15) is 59.4 Å². The number of benzene rings is 6. The van der Waals surface area contributed by atoms with Crippen molar-refractivity contribution >= 4 is 0 Å². The summed E-state index contributed by atoms with van der Waals surface area (Å²) in [5.74, 6) is 26.7. The molecule has 0 aliphatic carbocycles. The second kappa shape index (κ2) is 40.3. The van der Waals surface area contributed by atoms with Crippen LogP contribution < -0.4 is 9.47 Å². The van der Waals surface area contributed by atoms with Crippen molar-refractivity contribution in [3.05, 3.63) is 276 Å². The molecule has 2 saturated heterocycles. The molecule has 10 atom stereocenters. The van der Waals surface area contributed by atoms with Gasteiger partial charge in [0, 0.05) is 113 Å². The van der Waals surface area contributed by atoms with Crippen LogP contribution in [0.25, 0.3) is 44.5 Å². The molecule has 528 valence electrons. The third-order valence-corrected chi connectivity index (χ3v) is 15.9. The van der Waals surface area contributed by atoms with Crippen molar-refractivity contribution in [3.63, 3.8) is 0 Å². The standard InChI is InChI=1S/2C40H34N2O7.2CH4.2Pd/c2*43-26-35-36(44)37(45)38(46)40(49-35)48-25-24-47-39-33(14-8-27-4-10-29(11-5-27)31-16-20-41-21-17-31)2-1-3-34(39)15-9-28-6-12-30(13-7-28)32-18-22-42-23-19-32;;;;/h2*1-7,10-13,16-23,35-38,40,43-46H,24-26H2;2*1H4;;. The van der Waals surface area contributed by atoms with E-state index in [4.69, 9.17) is 28.4 Å². The molecule has 0 spiro atoms. The van der Waals surface area contributed by atoms with Gasteiger partial charge in [0.25, 0.3) is 0 Å². The summed E-state index contributed by atoms with van der Waals surface area (Å²) in [4.78, 5) is 16.3. The van der Waals surface area contributed by atoms with Crippen LogP contribution in [0.2, 0.25) is 0 Å². The van der Waals surface area contributed by atoms with Crippen molar-refractivity contribution in [1.29, 1.82) is 0 Å². The van der Waals surface area contributed by atoms with E-state index in [0.717, 1.165) is 66.8 Å². The Morgan fingerprint density at radius 1 is 0.294 bits per heavy atom. The monoisotopic (exact) mass is 1550 g/mol. The van der Waals surface area contributed by atoms with Gasteiger partial charge in [0.2, 0.25) is 0 Å². The van der Waals surface area contributed by atoms with Crippen LogP contribution in [0, 0.1) is 47.4 Å². The Morgan fingerprint density at radius 2 is 0.529 bits per heavy atom.